The highest BCUT2D eigenvalue weighted by Gasteiger charge is 2.11. The maximum absolute atomic E-state index is 13.5. The van der Waals surface area contributed by atoms with Crippen LogP contribution in [0.15, 0.2) is 28.8 Å². The SMILES string of the molecule is CCCNCc1ncc(-c2cc(F)ccc2F)o1. The van der Waals surface area contributed by atoms with E-state index in [9.17, 15) is 8.78 Å². The molecule has 1 aromatic heterocycles. The van der Waals surface area contributed by atoms with Crippen molar-refractivity contribution in [1.82, 2.24) is 10.3 Å². The van der Waals surface area contributed by atoms with Gasteiger partial charge in [-0.1, -0.05) is 6.92 Å². The zero-order valence-electron chi connectivity index (χ0n) is 10.0. The van der Waals surface area contributed by atoms with Crippen LogP contribution in [0.4, 0.5) is 8.78 Å². The second kappa shape index (κ2) is 5.73. The van der Waals surface area contributed by atoms with Crippen LogP contribution in [-0.2, 0) is 6.54 Å². The summed E-state index contributed by atoms with van der Waals surface area (Å²) in [4.78, 5) is 4.02. The zero-order valence-corrected chi connectivity index (χ0v) is 10.0. The molecule has 0 fully saturated rings. The maximum Gasteiger partial charge on any atom is 0.208 e. The smallest absolute Gasteiger partial charge is 0.208 e. The summed E-state index contributed by atoms with van der Waals surface area (Å²) >= 11 is 0. The van der Waals surface area contributed by atoms with E-state index >= 15 is 0 Å². The van der Waals surface area contributed by atoms with Crippen molar-refractivity contribution in [2.45, 2.75) is 19.9 Å². The number of rotatable bonds is 5. The van der Waals surface area contributed by atoms with Crippen LogP contribution in [0, 0.1) is 11.6 Å². The molecular weight excluding hydrogens is 238 g/mol. The molecule has 0 unspecified atom stereocenters. The van der Waals surface area contributed by atoms with Gasteiger partial charge < -0.3 is 9.73 Å². The summed E-state index contributed by atoms with van der Waals surface area (Å²) in [5.74, 6) is -0.337. The summed E-state index contributed by atoms with van der Waals surface area (Å²) in [6.45, 7) is 3.38. The van der Waals surface area contributed by atoms with Crippen LogP contribution in [0.2, 0.25) is 0 Å². The quantitative estimate of drug-likeness (QED) is 0.831. The molecule has 0 aliphatic rings. The van der Waals surface area contributed by atoms with E-state index in [0.29, 0.717) is 12.4 Å². The van der Waals surface area contributed by atoms with E-state index in [4.69, 9.17) is 4.42 Å². The molecular formula is C13H14F2N2O. The second-order valence-corrected chi connectivity index (χ2v) is 3.92. The summed E-state index contributed by atoms with van der Waals surface area (Å²) in [6.07, 6.45) is 2.41. The predicted octanol–water partition coefficient (Wildman–Crippen LogP) is 3.12. The molecule has 0 spiro atoms. The average molecular weight is 252 g/mol. The fourth-order valence-electron chi connectivity index (χ4n) is 1.57. The molecule has 0 saturated heterocycles. The number of halogens is 2. The van der Waals surface area contributed by atoms with E-state index in [0.717, 1.165) is 31.2 Å². The van der Waals surface area contributed by atoms with Crippen LogP contribution in [0.1, 0.15) is 19.2 Å². The van der Waals surface area contributed by atoms with Gasteiger partial charge in [-0.25, -0.2) is 13.8 Å². The van der Waals surface area contributed by atoms with Crippen molar-refractivity contribution in [2.24, 2.45) is 0 Å². The van der Waals surface area contributed by atoms with Gasteiger partial charge in [0.1, 0.15) is 11.6 Å². The van der Waals surface area contributed by atoms with Crippen LogP contribution in [-0.4, -0.2) is 11.5 Å². The number of hydrogen-bond donors (Lipinski definition) is 1. The molecule has 0 saturated carbocycles. The summed E-state index contributed by atoms with van der Waals surface area (Å²) in [7, 11) is 0. The number of nitrogens with zero attached hydrogens (tertiary/aromatic N) is 1. The molecule has 0 atom stereocenters. The monoisotopic (exact) mass is 252 g/mol. The highest BCUT2D eigenvalue weighted by atomic mass is 19.1. The molecule has 0 radical (unpaired) electrons. The molecule has 2 aromatic rings. The van der Waals surface area contributed by atoms with Crippen molar-refractivity contribution >= 4 is 0 Å². The van der Waals surface area contributed by atoms with Gasteiger partial charge >= 0.3 is 0 Å². The van der Waals surface area contributed by atoms with Gasteiger partial charge in [0, 0.05) is 0 Å². The molecule has 5 heteroatoms. The lowest BCUT2D eigenvalue weighted by Gasteiger charge is -2.00. The molecule has 0 bridgehead atoms. The van der Waals surface area contributed by atoms with Crippen molar-refractivity contribution in [3.8, 4) is 11.3 Å². The van der Waals surface area contributed by atoms with Crippen LogP contribution in [0.5, 0.6) is 0 Å². The van der Waals surface area contributed by atoms with E-state index < -0.39 is 11.6 Å². The number of nitrogens with one attached hydrogen (secondary N) is 1. The molecule has 1 heterocycles. The molecule has 0 aliphatic heterocycles. The Bertz CT molecular complexity index is 525. The fraction of sp³-hybridized carbons (Fsp3) is 0.308. The predicted molar refractivity (Wildman–Crippen MR) is 63.9 cm³/mol. The Kier molecular flexibility index (Phi) is 4.04. The maximum atomic E-state index is 13.5. The largest absolute Gasteiger partial charge is 0.439 e. The Morgan fingerprint density at radius 2 is 2.17 bits per heavy atom. The molecule has 2 rings (SSSR count). The van der Waals surface area contributed by atoms with E-state index in [1.165, 1.54) is 6.20 Å². The van der Waals surface area contributed by atoms with Gasteiger partial charge in [0.2, 0.25) is 5.89 Å². The Labute approximate surface area is 104 Å². The molecule has 3 nitrogen and oxygen atoms in total. The Morgan fingerprint density at radius 1 is 1.33 bits per heavy atom. The minimum absolute atomic E-state index is 0.0873. The van der Waals surface area contributed by atoms with Gasteiger partial charge in [0.05, 0.1) is 18.3 Å². The number of oxazole rings is 1. The lowest BCUT2D eigenvalue weighted by Crippen LogP contribution is -2.13. The van der Waals surface area contributed by atoms with Crippen LogP contribution >= 0.6 is 0 Å². The van der Waals surface area contributed by atoms with E-state index in [-0.39, 0.29) is 11.3 Å². The first-order valence-electron chi connectivity index (χ1n) is 5.81. The number of aromatic nitrogens is 1. The van der Waals surface area contributed by atoms with Crippen LogP contribution in [0.25, 0.3) is 11.3 Å². The highest BCUT2D eigenvalue weighted by molar-refractivity contribution is 5.57. The van der Waals surface area contributed by atoms with Gasteiger partial charge in [0.15, 0.2) is 5.76 Å². The standard InChI is InChI=1S/C13H14F2N2O/c1-2-5-16-8-13-17-7-12(18-13)10-6-9(14)3-4-11(10)15/h3-4,6-7,16H,2,5,8H2,1H3. The minimum Gasteiger partial charge on any atom is -0.439 e. The molecule has 0 amide bonds. The van der Waals surface area contributed by atoms with E-state index in [1.807, 2.05) is 0 Å². The van der Waals surface area contributed by atoms with Crippen molar-refractivity contribution in [3.05, 3.63) is 41.9 Å². The summed E-state index contributed by atoms with van der Waals surface area (Å²) in [5.41, 5.74) is 0.0873. The van der Waals surface area contributed by atoms with Gasteiger partial charge in [0.25, 0.3) is 0 Å². The Balaban J connectivity index is 2.16. The normalized spacial score (nSPS) is 10.8. The third-order valence-corrected chi connectivity index (χ3v) is 2.45. The minimum atomic E-state index is -0.527. The third-order valence-electron chi connectivity index (χ3n) is 2.45. The van der Waals surface area contributed by atoms with E-state index in [2.05, 4.69) is 17.2 Å². The highest BCUT2D eigenvalue weighted by Crippen LogP contribution is 2.24. The summed E-state index contributed by atoms with van der Waals surface area (Å²) in [6, 6.07) is 3.24. The van der Waals surface area contributed by atoms with Gasteiger partial charge in [-0.2, -0.15) is 0 Å². The van der Waals surface area contributed by atoms with Crippen molar-refractivity contribution in [3.63, 3.8) is 0 Å². The summed E-state index contributed by atoms with van der Waals surface area (Å²) < 4.78 is 31.9. The lowest BCUT2D eigenvalue weighted by atomic mass is 10.2. The number of benzene rings is 1. The van der Waals surface area contributed by atoms with Crippen molar-refractivity contribution in [1.29, 1.82) is 0 Å². The Hall–Kier alpha value is -1.75. The molecule has 18 heavy (non-hydrogen) atoms. The topological polar surface area (TPSA) is 38.1 Å². The van der Waals surface area contributed by atoms with Crippen LogP contribution in [0.3, 0.4) is 0 Å². The summed E-state index contributed by atoms with van der Waals surface area (Å²) in [5, 5.41) is 3.12. The van der Waals surface area contributed by atoms with Crippen molar-refractivity contribution < 1.29 is 13.2 Å². The third kappa shape index (κ3) is 2.92. The molecule has 1 aromatic carbocycles. The van der Waals surface area contributed by atoms with Crippen LogP contribution < -0.4 is 5.32 Å². The first kappa shape index (κ1) is 12.7. The number of hydrogen-bond acceptors (Lipinski definition) is 3. The average Bonchev–Trinajstić information content (AvgIpc) is 2.81. The molecule has 96 valence electrons. The zero-order chi connectivity index (χ0) is 13.0. The molecule has 1 N–H and O–H groups in total. The fourth-order valence-corrected chi connectivity index (χ4v) is 1.57. The van der Waals surface area contributed by atoms with Gasteiger partial charge in [-0.15, -0.1) is 0 Å². The van der Waals surface area contributed by atoms with Crippen molar-refractivity contribution in [2.75, 3.05) is 6.54 Å². The van der Waals surface area contributed by atoms with E-state index in [1.54, 1.807) is 0 Å². The van der Waals surface area contributed by atoms with Gasteiger partial charge in [-0.05, 0) is 31.2 Å². The van der Waals surface area contributed by atoms with Gasteiger partial charge in [-0.3, -0.25) is 0 Å². The first-order valence-corrected chi connectivity index (χ1v) is 5.81. The first-order chi connectivity index (χ1) is 8.70. The molecule has 0 aliphatic carbocycles. The second-order valence-electron chi connectivity index (χ2n) is 3.92. The Morgan fingerprint density at radius 3 is 2.94 bits per heavy atom. The lowest BCUT2D eigenvalue weighted by molar-refractivity contribution is 0.474.